The summed E-state index contributed by atoms with van der Waals surface area (Å²) in [6.07, 6.45) is 11.7. The topological polar surface area (TPSA) is 158 Å². The van der Waals surface area contributed by atoms with Gasteiger partial charge in [-0.2, -0.15) is 17.5 Å². The summed E-state index contributed by atoms with van der Waals surface area (Å²) in [5.41, 5.74) is 7.87. The fourth-order valence-corrected chi connectivity index (χ4v) is 12.3. The number of hydrogen-bond donors (Lipinski definition) is 5. The summed E-state index contributed by atoms with van der Waals surface area (Å²) in [7, 11) is 1.64. The lowest BCUT2D eigenvalue weighted by Gasteiger charge is -2.31. The van der Waals surface area contributed by atoms with Gasteiger partial charge in [-0.1, -0.05) is 134 Å². The molecule has 7 aromatic rings. The first-order valence-electron chi connectivity index (χ1n) is 27.3. The first kappa shape index (κ1) is 64.1. The Bertz CT molecular complexity index is 2790. The van der Waals surface area contributed by atoms with Crippen molar-refractivity contribution in [3.8, 4) is 0 Å². The molecule has 0 bridgehead atoms. The zero-order chi connectivity index (χ0) is 57.2. The van der Waals surface area contributed by atoms with Crippen molar-refractivity contribution < 1.29 is 4.79 Å². The molecule has 9 rings (SSSR count). The second-order valence-corrected chi connectivity index (χ2v) is 29.0. The lowest BCUT2D eigenvalue weighted by molar-refractivity contribution is -0.120. The maximum Gasteiger partial charge on any atom is 0.225 e. The van der Waals surface area contributed by atoms with Crippen molar-refractivity contribution in [2.24, 2.45) is 5.92 Å². The van der Waals surface area contributed by atoms with E-state index in [4.69, 9.17) is 0 Å². The third kappa shape index (κ3) is 21.8. The van der Waals surface area contributed by atoms with Crippen LogP contribution < -0.4 is 31.5 Å². The van der Waals surface area contributed by atoms with E-state index in [9.17, 15) is 4.79 Å². The Hall–Kier alpha value is -4.69. The number of piperazine rings is 1. The molecule has 8 heterocycles. The maximum absolute atomic E-state index is 11.2. The average Bonchev–Trinajstić information content (AvgIpc) is 4.26. The average molecular weight is 1160 g/mol. The second-order valence-electron chi connectivity index (χ2n) is 24.9. The van der Waals surface area contributed by atoms with Gasteiger partial charge in [0.05, 0.1) is 29.7 Å². The monoisotopic (exact) mass is 1150 g/mol. The molecule has 78 heavy (non-hydrogen) atoms. The second kappa shape index (κ2) is 29.7. The van der Waals surface area contributed by atoms with E-state index < -0.39 is 0 Å². The number of pyridine rings is 1. The first-order chi connectivity index (χ1) is 36.7. The molecule has 1 atom stereocenters. The molecule has 1 unspecified atom stereocenters. The Morgan fingerprint density at radius 2 is 1.37 bits per heavy atom. The standard InChI is InChI=1S/C14H18N2S.C13H22N2S.C12H15N3S.C11H19N3S.C10H16N2OS/c1-14(2,3)12-9-13(16-17-12)15-10-11-7-5-4-6-8-11;1-13(2,3)12-8-11(15-16-12)5-4-10-6-7-14-9-10;1-12(2,3)10-8-14-11(16-10)15-9-5-4-6-13-7-9;1-11(2,3)9-8-13-15-10(9)14-6-4-12-5-7-14;1-10(2,3)7-6-14-12-8(7)5-9(13)11-4/h4-9H,10H2,1-3H3,(H,15,16);8,10,14H,4-7,9H2,1-3H3;4-8H,1-3H3,(H,14,15);8,12H,4-7H2,1-3H3;6H,5H2,1-4H3,(H,11,13). The van der Waals surface area contributed by atoms with Crippen LogP contribution >= 0.6 is 57.5 Å². The molecule has 18 heteroatoms. The highest BCUT2D eigenvalue weighted by Crippen LogP contribution is 2.36. The van der Waals surface area contributed by atoms with Gasteiger partial charge >= 0.3 is 0 Å². The van der Waals surface area contributed by atoms with Crippen molar-refractivity contribution in [2.75, 3.05) is 61.8 Å². The molecular formula is C60H90N12OS5. The summed E-state index contributed by atoms with van der Waals surface area (Å²) in [5.74, 6) is 1.87. The van der Waals surface area contributed by atoms with Gasteiger partial charge in [-0.15, -0.1) is 11.3 Å². The van der Waals surface area contributed by atoms with Crippen LogP contribution in [-0.4, -0.2) is 79.7 Å². The number of carbonyl (C=O) groups is 1. The molecule has 13 nitrogen and oxygen atoms in total. The van der Waals surface area contributed by atoms with Crippen LogP contribution in [0.1, 0.15) is 159 Å². The molecule has 0 saturated carbocycles. The highest BCUT2D eigenvalue weighted by Gasteiger charge is 2.25. The fourth-order valence-electron chi connectivity index (χ4n) is 7.92. The third-order valence-corrected chi connectivity index (χ3v) is 18.2. The van der Waals surface area contributed by atoms with E-state index in [0.717, 1.165) is 67.4 Å². The summed E-state index contributed by atoms with van der Waals surface area (Å²) in [6.45, 7) is 40.7. The van der Waals surface area contributed by atoms with E-state index in [1.165, 1.54) is 79.5 Å². The summed E-state index contributed by atoms with van der Waals surface area (Å²) < 4.78 is 17.6. The summed E-state index contributed by atoms with van der Waals surface area (Å²) >= 11 is 7.98. The molecule has 0 radical (unpaired) electrons. The molecule has 2 aliphatic rings. The Morgan fingerprint density at radius 1 is 0.705 bits per heavy atom. The van der Waals surface area contributed by atoms with Crippen LogP contribution in [0.5, 0.6) is 0 Å². The Morgan fingerprint density at radius 3 is 1.94 bits per heavy atom. The summed E-state index contributed by atoms with van der Waals surface area (Å²) in [4.78, 5) is 26.1. The van der Waals surface area contributed by atoms with Crippen molar-refractivity contribution in [2.45, 2.75) is 163 Å². The number of anilines is 4. The van der Waals surface area contributed by atoms with Gasteiger partial charge in [0.25, 0.3) is 0 Å². The quantitative estimate of drug-likeness (QED) is 0.0836. The molecule has 1 aromatic carbocycles. The maximum atomic E-state index is 11.2. The molecule has 2 fully saturated rings. The molecular weight excluding hydrogens is 1070 g/mol. The largest absolute Gasteiger partial charge is 0.365 e. The van der Waals surface area contributed by atoms with Crippen LogP contribution in [0.3, 0.4) is 0 Å². The number of carbonyl (C=O) groups excluding carboxylic acids is 1. The zero-order valence-electron chi connectivity index (χ0n) is 49.5. The minimum absolute atomic E-state index is 0.0152. The number of aromatic nitrogens is 6. The predicted molar refractivity (Wildman–Crippen MR) is 338 cm³/mol. The van der Waals surface area contributed by atoms with Crippen LogP contribution in [0, 0.1) is 5.92 Å². The smallest absolute Gasteiger partial charge is 0.225 e. The van der Waals surface area contributed by atoms with E-state index >= 15 is 0 Å². The number of amides is 1. The van der Waals surface area contributed by atoms with Gasteiger partial charge in [-0.25, -0.2) is 4.98 Å². The van der Waals surface area contributed by atoms with Gasteiger partial charge in [0.1, 0.15) is 10.8 Å². The molecule has 0 aliphatic carbocycles. The number of benzene rings is 1. The number of nitrogens with zero attached hydrogens (tertiary/aromatic N) is 7. The van der Waals surface area contributed by atoms with E-state index in [-0.39, 0.29) is 33.0 Å². The van der Waals surface area contributed by atoms with Gasteiger partial charge < -0.3 is 31.5 Å². The highest BCUT2D eigenvalue weighted by molar-refractivity contribution is 7.15. The van der Waals surface area contributed by atoms with E-state index in [0.29, 0.717) is 6.42 Å². The van der Waals surface area contributed by atoms with Gasteiger partial charge in [0, 0.05) is 83.9 Å². The van der Waals surface area contributed by atoms with Crippen LogP contribution in [0.25, 0.3) is 0 Å². The normalized spacial score (nSPS) is 14.8. The van der Waals surface area contributed by atoms with E-state index in [2.05, 4.69) is 199 Å². The van der Waals surface area contributed by atoms with Crippen LogP contribution in [-0.2, 0) is 51.3 Å². The zero-order valence-corrected chi connectivity index (χ0v) is 53.6. The van der Waals surface area contributed by atoms with Gasteiger partial charge in [0.2, 0.25) is 5.91 Å². The van der Waals surface area contributed by atoms with Gasteiger partial charge in [-0.3, -0.25) is 9.78 Å². The van der Waals surface area contributed by atoms with Crippen LogP contribution in [0.2, 0.25) is 0 Å². The van der Waals surface area contributed by atoms with Gasteiger partial charge in [-0.05, 0) is 147 Å². The molecule has 5 N–H and O–H groups in total. The van der Waals surface area contributed by atoms with Crippen molar-refractivity contribution in [3.05, 3.63) is 127 Å². The van der Waals surface area contributed by atoms with Crippen LogP contribution in [0.4, 0.5) is 21.6 Å². The highest BCUT2D eigenvalue weighted by atomic mass is 32.1. The Kier molecular flexibility index (Phi) is 24.4. The fraction of sp³-hybridized carbons (Fsp3) is 0.550. The summed E-state index contributed by atoms with van der Waals surface area (Å²) in [6, 6.07) is 18.7. The molecule has 1 amide bonds. The Labute approximate surface area is 488 Å². The first-order valence-corrected chi connectivity index (χ1v) is 31.3. The van der Waals surface area contributed by atoms with Crippen LogP contribution in [0.15, 0.2) is 84.8 Å². The number of rotatable bonds is 11. The molecule has 0 spiro atoms. The van der Waals surface area contributed by atoms with Crippen molar-refractivity contribution in [1.29, 1.82) is 0 Å². The lowest BCUT2D eigenvalue weighted by atomic mass is 9.87. The molecule has 426 valence electrons. The van der Waals surface area contributed by atoms with Crippen molar-refractivity contribution in [1.82, 2.24) is 43.4 Å². The Balaban J connectivity index is 0.000000180. The number of likely N-dealkylation sites (N-methyl/N-ethyl adjacent to an activating group) is 1. The van der Waals surface area contributed by atoms with E-state index in [1.807, 2.05) is 36.0 Å². The SMILES string of the molecule is CC(C)(C)c1cc(CCC2CCNC2)ns1.CC(C)(C)c1cc(NCc2ccccc2)ns1.CC(C)(C)c1cnc(Nc2cccnc2)s1.CC(C)(C)c1cnsc1N1CCNCC1.CNC(=O)Cc1nscc1C(C)(C)C. The molecule has 2 aliphatic heterocycles. The number of nitrogens with one attached hydrogen (secondary N) is 5. The minimum atomic E-state index is 0.0152. The number of hydrogen-bond acceptors (Lipinski definition) is 17. The van der Waals surface area contributed by atoms with E-state index in [1.54, 1.807) is 65.4 Å². The third-order valence-electron chi connectivity index (χ3n) is 12.8. The van der Waals surface area contributed by atoms with Crippen molar-refractivity contribution >= 4 is 85.0 Å². The van der Waals surface area contributed by atoms with Crippen molar-refractivity contribution in [3.63, 3.8) is 0 Å². The lowest BCUT2D eigenvalue weighted by Crippen LogP contribution is -2.43. The predicted octanol–water partition coefficient (Wildman–Crippen LogP) is 14.2. The summed E-state index contributed by atoms with van der Waals surface area (Å²) in [5, 5.41) is 20.3. The molecule has 2 saturated heterocycles. The number of thiazole rings is 1. The molecule has 6 aromatic heterocycles. The minimum Gasteiger partial charge on any atom is -0.365 e. The number of aryl methyl sites for hydroxylation is 1. The van der Waals surface area contributed by atoms with Gasteiger partial charge in [0.15, 0.2) is 5.13 Å².